The first-order valence-corrected chi connectivity index (χ1v) is 13.4. The highest BCUT2D eigenvalue weighted by Crippen LogP contribution is 2.29. The van der Waals surface area contributed by atoms with Crippen LogP contribution >= 0.6 is 11.3 Å². The molecule has 0 unspecified atom stereocenters. The maximum Gasteiger partial charge on any atom is 0.308 e. The number of carbonyl (C=O) groups is 1. The Kier molecular flexibility index (Phi) is 6.48. The Morgan fingerprint density at radius 3 is 2.30 bits per heavy atom. The average Bonchev–Trinajstić information content (AvgIpc) is 3.08. The number of nitrogens with one attached hydrogen (secondary N) is 1. The van der Waals surface area contributed by atoms with Gasteiger partial charge in [-0.3, -0.25) is 14.2 Å². The maximum atomic E-state index is 13.2. The number of aromatic nitrogens is 1. The third kappa shape index (κ3) is 4.76. The van der Waals surface area contributed by atoms with E-state index in [2.05, 4.69) is 5.32 Å². The number of amides is 1. The normalized spacial score (nSPS) is 15.9. The van der Waals surface area contributed by atoms with Crippen LogP contribution in [0.2, 0.25) is 0 Å². The summed E-state index contributed by atoms with van der Waals surface area (Å²) in [5.41, 5.74) is 3.68. The Balaban J connectivity index is 1.46. The van der Waals surface area contributed by atoms with Crippen molar-refractivity contribution in [2.75, 3.05) is 18.4 Å². The molecular weight excluding hydrogens is 458 g/mol. The number of benzene rings is 2. The molecule has 0 aliphatic carbocycles. The van der Waals surface area contributed by atoms with Gasteiger partial charge in [-0.1, -0.05) is 17.4 Å². The molecule has 1 fully saturated rings. The summed E-state index contributed by atoms with van der Waals surface area (Å²) < 4.78 is 30.3. The van der Waals surface area contributed by atoms with Gasteiger partial charge in [-0.25, -0.2) is 8.42 Å². The Morgan fingerprint density at radius 1 is 1.06 bits per heavy atom. The van der Waals surface area contributed by atoms with Crippen LogP contribution in [0.5, 0.6) is 0 Å². The van der Waals surface area contributed by atoms with E-state index in [1.54, 1.807) is 22.8 Å². The summed E-state index contributed by atoms with van der Waals surface area (Å²) in [5.74, 6) is -0.302. The number of rotatable bonds is 5. The first-order valence-electron chi connectivity index (χ1n) is 11.1. The van der Waals surface area contributed by atoms with Crippen molar-refractivity contribution in [2.45, 2.75) is 51.5 Å². The van der Waals surface area contributed by atoms with Gasteiger partial charge in [0.05, 0.1) is 15.1 Å². The van der Waals surface area contributed by atoms with E-state index < -0.39 is 10.0 Å². The number of nitrogens with zero attached hydrogens (tertiary/aromatic N) is 2. The lowest BCUT2D eigenvalue weighted by molar-refractivity contribution is -0.120. The molecule has 1 aromatic heterocycles. The van der Waals surface area contributed by atoms with Crippen LogP contribution in [0.3, 0.4) is 0 Å². The lowest BCUT2D eigenvalue weighted by Gasteiger charge is -2.30. The van der Waals surface area contributed by atoms with Gasteiger partial charge >= 0.3 is 4.87 Å². The third-order valence-corrected chi connectivity index (χ3v) is 8.87. The molecule has 1 amide bonds. The van der Waals surface area contributed by atoms with Crippen LogP contribution in [0.25, 0.3) is 10.2 Å². The predicted molar refractivity (Wildman–Crippen MR) is 132 cm³/mol. The fourth-order valence-electron chi connectivity index (χ4n) is 4.46. The van der Waals surface area contributed by atoms with E-state index in [1.165, 1.54) is 4.31 Å². The molecule has 4 rings (SSSR count). The number of sulfonamides is 1. The summed E-state index contributed by atoms with van der Waals surface area (Å²) in [6, 6.07) is 10.8. The molecule has 2 heterocycles. The second kappa shape index (κ2) is 9.04. The number of aryl methyl sites for hydroxylation is 2. The van der Waals surface area contributed by atoms with E-state index in [0.29, 0.717) is 17.5 Å². The standard InChI is InChI=1S/C24H29N3O4S2/c1-15(2)27-21-6-5-20(14-22(21)32-24(27)29)33(30,31)26-9-7-18(8-10-26)23(28)25-19-12-16(3)11-17(4)13-19/h5-6,11-15,18H,7-10H2,1-4H3,(H,25,28). The van der Waals surface area contributed by atoms with Crippen LogP contribution in [0.4, 0.5) is 5.69 Å². The topological polar surface area (TPSA) is 88.5 Å². The SMILES string of the molecule is Cc1cc(C)cc(NC(=O)C2CCN(S(=O)(=O)c3ccc4c(c3)sc(=O)n4C(C)C)CC2)c1. The molecule has 1 N–H and O–H groups in total. The number of hydrogen-bond donors (Lipinski definition) is 1. The molecule has 176 valence electrons. The summed E-state index contributed by atoms with van der Waals surface area (Å²) in [4.78, 5) is 25.1. The van der Waals surface area contributed by atoms with Gasteiger partial charge in [0.25, 0.3) is 0 Å². The fourth-order valence-corrected chi connectivity index (χ4v) is 7.09. The molecule has 0 radical (unpaired) electrons. The highest BCUT2D eigenvalue weighted by Gasteiger charge is 2.32. The molecule has 1 aliphatic rings. The minimum Gasteiger partial charge on any atom is -0.326 e. The van der Waals surface area contributed by atoms with Gasteiger partial charge in [0.2, 0.25) is 15.9 Å². The van der Waals surface area contributed by atoms with Gasteiger partial charge in [0.1, 0.15) is 0 Å². The number of thiazole rings is 1. The summed E-state index contributed by atoms with van der Waals surface area (Å²) in [6.07, 6.45) is 0.935. The van der Waals surface area contributed by atoms with Crippen molar-refractivity contribution in [3.05, 3.63) is 57.2 Å². The van der Waals surface area contributed by atoms with Crippen molar-refractivity contribution in [3.63, 3.8) is 0 Å². The lowest BCUT2D eigenvalue weighted by Crippen LogP contribution is -2.41. The number of hydrogen-bond acceptors (Lipinski definition) is 5. The summed E-state index contributed by atoms with van der Waals surface area (Å²) in [6.45, 7) is 8.40. The Labute approximate surface area is 198 Å². The van der Waals surface area contributed by atoms with Crippen molar-refractivity contribution >= 4 is 43.2 Å². The van der Waals surface area contributed by atoms with Crippen LogP contribution in [0.1, 0.15) is 43.9 Å². The molecule has 0 saturated carbocycles. The zero-order valence-corrected chi connectivity index (χ0v) is 20.9. The largest absolute Gasteiger partial charge is 0.326 e. The molecule has 3 aromatic rings. The molecule has 9 heteroatoms. The Bertz CT molecular complexity index is 1340. The summed E-state index contributed by atoms with van der Waals surface area (Å²) in [5, 5.41) is 2.98. The quantitative estimate of drug-likeness (QED) is 0.581. The molecule has 0 spiro atoms. The molecule has 7 nitrogen and oxygen atoms in total. The van der Waals surface area contributed by atoms with Crippen LogP contribution in [-0.4, -0.2) is 36.3 Å². The van der Waals surface area contributed by atoms with Crippen LogP contribution in [-0.2, 0) is 14.8 Å². The summed E-state index contributed by atoms with van der Waals surface area (Å²) >= 11 is 1.06. The third-order valence-electron chi connectivity index (χ3n) is 6.05. The van der Waals surface area contributed by atoms with Gasteiger partial charge in [-0.05, 0) is 82.0 Å². The van der Waals surface area contributed by atoms with E-state index in [-0.39, 0.29) is 40.7 Å². The number of anilines is 1. The molecule has 33 heavy (non-hydrogen) atoms. The van der Waals surface area contributed by atoms with Crippen LogP contribution in [0, 0.1) is 19.8 Å². The second-order valence-electron chi connectivity index (χ2n) is 9.01. The zero-order valence-electron chi connectivity index (χ0n) is 19.3. The van der Waals surface area contributed by atoms with Crippen molar-refractivity contribution in [1.82, 2.24) is 8.87 Å². The highest BCUT2D eigenvalue weighted by molar-refractivity contribution is 7.89. The van der Waals surface area contributed by atoms with Crippen molar-refractivity contribution < 1.29 is 13.2 Å². The first-order chi connectivity index (χ1) is 15.6. The van der Waals surface area contributed by atoms with E-state index in [0.717, 1.165) is 33.7 Å². The predicted octanol–water partition coefficient (Wildman–Crippen LogP) is 4.30. The summed E-state index contributed by atoms with van der Waals surface area (Å²) in [7, 11) is -3.70. The Hall–Kier alpha value is -2.49. The van der Waals surface area contributed by atoms with Gasteiger partial charge in [-0.15, -0.1) is 0 Å². The van der Waals surface area contributed by atoms with Gasteiger partial charge < -0.3 is 5.32 Å². The van der Waals surface area contributed by atoms with E-state index in [9.17, 15) is 18.0 Å². The molecule has 0 bridgehead atoms. The van der Waals surface area contributed by atoms with Gasteiger partial charge in [0, 0.05) is 30.7 Å². The number of fused-ring (bicyclic) bond motifs is 1. The minimum atomic E-state index is -3.70. The monoisotopic (exact) mass is 487 g/mol. The average molecular weight is 488 g/mol. The van der Waals surface area contributed by atoms with Gasteiger partial charge in [0.15, 0.2) is 0 Å². The molecule has 2 aromatic carbocycles. The second-order valence-corrected chi connectivity index (χ2v) is 11.9. The molecule has 0 atom stereocenters. The van der Waals surface area contributed by atoms with Crippen LogP contribution in [0.15, 0.2) is 46.1 Å². The molecule has 1 aliphatic heterocycles. The van der Waals surface area contributed by atoms with Crippen molar-refractivity contribution in [2.24, 2.45) is 5.92 Å². The fraction of sp³-hybridized carbons (Fsp3) is 0.417. The van der Waals surface area contributed by atoms with E-state index in [1.807, 2.05) is 45.9 Å². The minimum absolute atomic E-state index is 0.00240. The van der Waals surface area contributed by atoms with Crippen molar-refractivity contribution in [3.8, 4) is 0 Å². The lowest BCUT2D eigenvalue weighted by atomic mass is 9.97. The maximum absolute atomic E-state index is 13.2. The van der Waals surface area contributed by atoms with Crippen LogP contribution < -0.4 is 10.2 Å². The highest BCUT2D eigenvalue weighted by atomic mass is 32.2. The number of piperidine rings is 1. The smallest absolute Gasteiger partial charge is 0.308 e. The van der Waals surface area contributed by atoms with E-state index >= 15 is 0 Å². The van der Waals surface area contributed by atoms with Crippen molar-refractivity contribution in [1.29, 1.82) is 0 Å². The number of carbonyl (C=O) groups excluding carboxylic acids is 1. The first kappa shape index (κ1) is 23.7. The van der Waals surface area contributed by atoms with E-state index in [4.69, 9.17) is 0 Å². The molecular formula is C24H29N3O4S2. The van der Waals surface area contributed by atoms with Gasteiger partial charge in [-0.2, -0.15) is 4.31 Å². The molecule has 1 saturated heterocycles. The zero-order chi connectivity index (χ0) is 23.9. The Morgan fingerprint density at radius 2 is 1.70 bits per heavy atom.